The molecule has 0 fully saturated rings. The maximum absolute atomic E-state index is 13.7. The summed E-state index contributed by atoms with van der Waals surface area (Å²) in [6, 6.07) is 7.21. The third kappa shape index (κ3) is 7.01. The van der Waals surface area contributed by atoms with E-state index in [4.69, 9.17) is 0 Å². The summed E-state index contributed by atoms with van der Waals surface area (Å²) >= 11 is 0. The van der Waals surface area contributed by atoms with Crippen molar-refractivity contribution in [3.8, 4) is 0 Å². The van der Waals surface area contributed by atoms with Crippen LogP contribution in [0.3, 0.4) is 0 Å². The van der Waals surface area contributed by atoms with Crippen molar-refractivity contribution in [2.75, 3.05) is 13.1 Å². The van der Waals surface area contributed by atoms with Crippen molar-refractivity contribution >= 4 is 29.9 Å². The van der Waals surface area contributed by atoms with E-state index in [2.05, 4.69) is 20.7 Å². The number of aliphatic imine (C=N–C) groups is 1. The first kappa shape index (κ1) is 21.4. The first-order valence-corrected chi connectivity index (χ1v) is 8.38. The van der Waals surface area contributed by atoms with Crippen molar-refractivity contribution < 1.29 is 4.39 Å². The predicted octanol–water partition coefficient (Wildman–Crippen LogP) is 3.66. The van der Waals surface area contributed by atoms with Gasteiger partial charge in [0.2, 0.25) is 0 Å². The van der Waals surface area contributed by atoms with Gasteiger partial charge in [-0.05, 0) is 50.5 Å². The summed E-state index contributed by atoms with van der Waals surface area (Å²) in [5.41, 5.74) is 1.56. The van der Waals surface area contributed by atoms with Gasteiger partial charge < -0.3 is 10.6 Å². The second kappa shape index (κ2) is 11.1. The lowest BCUT2D eigenvalue weighted by molar-refractivity contribution is 0.582. The Morgan fingerprint density at radius 1 is 1.40 bits per heavy atom. The lowest BCUT2D eigenvalue weighted by Gasteiger charge is -2.18. The number of hydrogen-bond acceptors (Lipinski definition) is 2. The van der Waals surface area contributed by atoms with E-state index in [-0.39, 0.29) is 35.8 Å². The van der Waals surface area contributed by atoms with Crippen LogP contribution < -0.4 is 10.6 Å². The summed E-state index contributed by atoms with van der Waals surface area (Å²) in [6.45, 7) is 8.11. The van der Waals surface area contributed by atoms with E-state index in [1.54, 1.807) is 25.3 Å². The zero-order chi connectivity index (χ0) is 17.4. The van der Waals surface area contributed by atoms with Gasteiger partial charge in [0, 0.05) is 32.0 Å². The predicted molar refractivity (Wildman–Crippen MR) is 111 cm³/mol. The van der Waals surface area contributed by atoms with Crippen LogP contribution in [-0.4, -0.2) is 28.8 Å². The Labute approximate surface area is 166 Å². The Morgan fingerprint density at radius 2 is 2.20 bits per heavy atom. The third-order valence-corrected chi connectivity index (χ3v) is 3.77. The molecule has 2 rings (SSSR count). The van der Waals surface area contributed by atoms with Crippen LogP contribution in [0.15, 0.2) is 41.7 Å². The van der Waals surface area contributed by atoms with Crippen LogP contribution >= 0.6 is 24.0 Å². The lowest BCUT2D eigenvalue weighted by Crippen LogP contribution is -2.38. The first-order valence-electron chi connectivity index (χ1n) is 8.38. The van der Waals surface area contributed by atoms with Crippen LogP contribution in [0.1, 0.15) is 37.4 Å². The quantitative estimate of drug-likeness (QED) is 0.288. The largest absolute Gasteiger partial charge is 0.357 e. The minimum Gasteiger partial charge on any atom is -0.357 e. The summed E-state index contributed by atoms with van der Waals surface area (Å²) in [5.74, 6) is 0.564. The molecule has 138 valence electrons. The molecule has 5 nitrogen and oxygen atoms in total. The zero-order valence-corrected chi connectivity index (χ0v) is 17.3. The van der Waals surface area contributed by atoms with Gasteiger partial charge in [-0.25, -0.2) is 4.39 Å². The Kier molecular flexibility index (Phi) is 9.48. The average Bonchev–Trinajstić information content (AvgIpc) is 3.07. The maximum Gasteiger partial charge on any atom is 0.191 e. The molecule has 0 bridgehead atoms. The fourth-order valence-corrected chi connectivity index (χ4v) is 2.34. The van der Waals surface area contributed by atoms with Gasteiger partial charge in [-0.1, -0.05) is 12.1 Å². The molecule has 1 atom stereocenters. The SMILES string of the molecule is CCNC(=NCCCn1cccn1)NC(C)c1ccc(C)c(F)c1.I. The number of hydrogen-bond donors (Lipinski definition) is 2. The highest BCUT2D eigenvalue weighted by molar-refractivity contribution is 14.0. The monoisotopic (exact) mass is 459 g/mol. The summed E-state index contributed by atoms with van der Waals surface area (Å²) in [6.07, 6.45) is 4.63. The van der Waals surface area contributed by atoms with E-state index >= 15 is 0 Å². The number of aryl methyl sites for hydroxylation is 2. The van der Waals surface area contributed by atoms with Crippen molar-refractivity contribution in [1.82, 2.24) is 20.4 Å². The van der Waals surface area contributed by atoms with Crippen molar-refractivity contribution in [1.29, 1.82) is 0 Å². The minimum atomic E-state index is -0.178. The van der Waals surface area contributed by atoms with Crippen molar-refractivity contribution in [3.05, 3.63) is 53.6 Å². The number of nitrogens with one attached hydrogen (secondary N) is 2. The molecule has 0 saturated carbocycles. The van der Waals surface area contributed by atoms with Crippen LogP contribution in [0.4, 0.5) is 4.39 Å². The normalized spacial score (nSPS) is 12.4. The molecule has 25 heavy (non-hydrogen) atoms. The Balaban J connectivity index is 0.00000312. The molecule has 0 aliphatic heterocycles. The molecule has 1 unspecified atom stereocenters. The molecule has 1 aromatic heterocycles. The Morgan fingerprint density at radius 3 is 2.84 bits per heavy atom. The molecule has 1 heterocycles. The Bertz CT molecular complexity index is 657. The number of halogens is 2. The van der Waals surface area contributed by atoms with E-state index in [9.17, 15) is 4.39 Å². The van der Waals surface area contributed by atoms with Gasteiger partial charge in [-0.3, -0.25) is 9.67 Å². The van der Waals surface area contributed by atoms with Gasteiger partial charge in [0.15, 0.2) is 5.96 Å². The van der Waals surface area contributed by atoms with E-state index < -0.39 is 0 Å². The number of aromatic nitrogens is 2. The fourth-order valence-electron chi connectivity index (χ4n) is 2.34. The van der Waals surface area contributed by atoms with E-state index in [1.807, 2.05) is 36.9 Å². The molecule has 0 aliphatic carbocycles. The molecule has 7 heteroatoms. The maximum atomic E-state index is 13.7. The molecule has 0 aliphatic rings. The van der Waals surface area contributed by atoms with Crippen LogP contribution in [0.2, 0.25) is 0 Å². The molecule has 0 radical (unpaired) electrons. The topological polar surface area (TPSA) is 54.2 Å². The van der Waals surface area contributed by atoms with Gasteiger partial charge in [-0.15, -0.1) is 24.0 Å². The summed E-state index contributed by atoms with van der Waals surface area (Å²) < 4.78 is 15.6. The van der Waals surface area contributed by atoms with E-state index in [0.29, 0.717) is 12.1 Å². The van der Waals surface area contributed by atoms with E-state index in [0.717, 1.165) is 31.0 Å². The van der Waals surface area contributed by atoms with Gasteiger partial charge >= 0.3 is 0 Å². The highest BCUT2D eigenvalue weighted by Gasteiger charge is 2.09. The average molecular weight is 459 g/mol. The highest BCUT2D eigenvalue weighted by Crippen LogP contribution is 2.16. The van der Waals surface area contributed by atoms with Crippen LogP contribution in [0.5, 0.6) is 0 Å². The van der Waals surface area contributed by atoms with Crippen molar-refractivity contribution in [3.63, 3.8) is 0 Å². The number of benzene rings is 1. The molecular formula is C18H27FIN5. The standard InChI is InChI=1S/C18H26FN5.HI/c1-4-20-18(21-9-5-11-24-12-6-10-22-24)23-15(3)16-8-7-14(2)17(19)13-16;/h6-8,10,12-13,15H,4-5,9,11H2,1-3H3,(H2,20,21,23);1H. The summed E-state index contributed by atoms with van der Waals surface area (Å²) in [7, 11) is 0. The smallest absolute Gasteiger partial charge is 0.191 e. The molecule has 0 saturated heterocycles. The van der Waals surface area contributed by atoms with Gasteiger partial charge in [0.25, 0.3) is 0 Å². The number of guanidine groups is 1. The minimum absolute atomic E-state index is 0. The van der Waals surface area contributed by atoms with Crippen molar-refractivity contribution in [2.45, 2.75) is 39.8 Å². The fraction of sp³-hybridized carbons (Fsp3) is 0.444. The van der Waals surface area contributed by atoms with Gasteiger partial charge in [0.1, 0.15) is 5.82 Å². The van der Waals surface area contributed by atoms with Crippen LogP contribution in [0.25, 0.3) is 0 Å². The molecule has 1 aromatic carbocycles. The van der Waals surface area contributed by atoms with E-state index in [1.165, 1.54) is 0 Å². The first-order chi connectivity index (χ1) is 11.6. The van der Waals surface area contributed by atoms with Crippen LogP contribution in [0, 0.1) is 12.7 Å². The highest BCUT2D eigenvalue weighted by atomic mass is 127. The summed E-state index contributed by atoms with van der Waals surface area (Å²) in [4.78, 5) is 4.58. The third-order valence-electron chi connectivity index (χ3n) is 3.77. The number of rotatable bonds is 7. The molecule has 0 spiro atoms. The molecular weight excluding hydrogens is 432 g/mol. The molecule has 2 N–H and O–H groups in total. The molecule has 0 amide bonds. The van der Waals surface area contributed by atoms with Crippen LogP contribution in [-0.2, 0) is 6.54 Å². The second-order valence-corrected chi connectivity index (χ2v) is 5.76. The van der Waals surface area contributed by atoms with Crippen molar-refractivity contribution in [2.24, 2.45) is 4.99 Å². The van der Waals surface area contributed by atoms with Gasteiger partial charge in [0.05, 0.1) is 6.04 Å². The zero-order valence-electron chi connectivity index (χ0n) is 15.0. The Hall–Kier alpha value is -1.64. The summed E-state index contributed by atoms with van der Waals surface area (Å²) in [5, 5.41) is 10.7. The second-order valence-electron chi connectivity index (χ2n) is 5.76. The van der Waals surface area contributed by atoms with Gasteiger partial charge in [-0.2, -0.15) is 5.10 Å². The molecule has 2 aromatic rings. The number of nitrogens with zero attached hydrogens (tertiary/aromatic N) is 3. The lowest BCUT2D eigenvalue weighted by atomic mass is 10.1.